The zero-order valence-corrected chi connectivity index (χ0v) is 8.19. The minimum absolute atomic E-state index is 0.578. The van der Waals surface area contributed by atoms with Crippen LogP contribution < -0.4 is 0 Å². The van der Waals surface area contributed by atoms with E-state index in [9.17, 15) is 0 Å². The maximum atomic E-state index is 5.83. The molecule has 1 aromatic heterocycles. The predicted octanol–water partition coefficient (Wildman–Crippen LogP) is 3.37. The first-order valence-electron chi connectivity index (χ1n) is 3.59. The van der Waals surface area contributed by atoms with Crippen molar-refractivity contribution < 1.29 is 0 Å². The average Bonchev–Trinajstić information content (AvgIpc) is 2.77. The molecule has 0 unspecified atom stereocenters. The Hall–Kier alpha value is -0.0800. The summed E-state index contributed by atoms with van der Waals surface area (Å²) in [5.74, 6) is 0.727. The maximum Gasteiger partial charge on any atom is 0.143 e. The van der Waals surface area contributed by atoms with Gasteiger partial charge in [0.05, 0.1) is 4.47 Å². The fourth-order valence-corrected chi connectivity index (χ4v) is 1.87. The van der Waals surface area contributed by atoms with E-state index in [0.29, 0.717) is 5.15 Å². The molecule has 2 rings (SSSR count). The van der Waals surface area contributed by atoms with Crippen LogP contribution in [0.25, 0.3) is 0 Å². The molecule has 3 heteroatoms. The Balaban J connectivity index is 2.45. The fraction of sp³-hybridized carbons (Fsp3) is 0.375. The Morgan fingerprint density at radius 1 is 1.55 bits per heavy atom. The van der Waals surface area contributed by atoms with Crippen LogP contribution in [0, 0.1) is 0 Å². The van der Waals surface area contributed by atoms with Crippen LogP contribution in [0.1, 0.15) is 24.3 Å². The molecule has 11 heavy (non-hydrogen) atoms. The first kappa shape index (κ1) is 7.56. The lowest BCUT2D eigenvalue weighted by Gasteiger charge is -2.01. The normalized spacial score (nSPS) is 16.9. The second kappa shape index (κ2) is 2.76. The number of pyridine rings is 1. The summed E-state index contributed by atoms with van der Waals surface area (Å²) in [4.78, 5) is 3.97. The topological polar surface area (TPSA) is 12.9 Å². The van der Waals surface area contributed by atoms with Gasteiger partial charge in [-0.15, -0.1) is 0 Å². The summed E-state index contributed by atoms with van der Waals surface area (Å²) in [5, 5.41) is 0.578. The molecule has 0 aliphatic heterocycles. The Bertz CT molecular complexity index is 283. The third-order valence-corrected chi connectivity index (χ3v) is 3.24. The van der Waals surface area contributed by atoms with E-state index in [0.717, 1.165) is 10.4 Å². The van der Waals surface area contributed by atoms with Crippen LogP contribution in [0.3, 0.4) is 0 Å². The molecule has 58 valence electrons. The molecule has 1 aliphatic rings. The highest BCUT2D eigenvalue weighted by atomic mass is 79.9. The van der Waals surface area contributed by atoms with E-state index >= 15 is 0 Å². The second-order valence-electron chi connectivity index (χ2n) is 2.78. The summed E-state index contributed by atoms with van der Waals surface area (Å²) < 4.78 is 0.976. The molecular formula is C8H7BrClN. The second-order valence-corrected chi connectivity index (χ2v) is 3.93. The number of hydrogen-bond donors (Lipinski definition) is 0. The lowest BCUT2D eigenvalue weighted by atomic mass is 10.2. The Labute approximate surface area is 78.9 Å². The molecule has 1 heterocycles. The molecule has 1 aromatic rings. The van der Waals surface area contributed by atoms with Gasteiger partial charge in [0.2, 0.25) is 0 Å². The van der Waals surface area contributed by atoms with Gasteiger partial charge < -0.3 is 0 Å². The smallest absolute Gasteiger partial charge is 0.143 e. The van der Waals surface area contributed by atoms with Crippen LogP contribution in [0.2, 0.25) is 5.15 Å². The third kappa shape index (κ3) is 1.42. The zero-order chi connectivity index (χ0) is 7.84. The van der Waals surface area contributed by atoms with Crippen LogP contribution in [-0.4, -0.2) is 4.98 Å². The van der Waals surface area contributed by atoms with E-state index in [1.54, 1.807) is 6.20 Å². The fourth-order valence-electron chi connectivity index (χ4n) is 1.14. The largest absolute Gasteiger partial charge is 0.243 e. The minimum Gasteiger partial charge on any atom is -0.243 e. The lowest BCUT2D eigenvalue weighted by Crippen LogP contribution is -1.84. The van der Waals surface area contributed by atoms with E-state index in [1.807, 2.05) is 6.07 Å². The first-order valence-corrected chi connectivity index (χ1v) is 4.76. The van der Waals surface area contributed by atoms with Crippen LogP contribution in [0.15, 0.2) is 16.7 Å². The van der Waals surface area contributed by atoms with Crippen molar-refractivity contribution in [2.45, 2.75) is 18.8 Å². The quantitative estimate of drug-likeness (QED) is 0.677. The van der Waals surface area contributed by atoms with Gasteiger partial charge in [0.25, 0.3) is 0 Å². The van der Waals surface area contributed by atoms with E-state index in [2.05, 4.69) is 20.9 Å². The molecule has 0 aromatic carbocycles. The highest BCUT2D eigenvalue weighted by molar-refractivity contribution is 9.10. The van der Waals surface area contributed by atoms with Crippen molar-refractivity contribution >= 4 is 27.5 Å². The van der Waals surface area contributed by atoms with Gasteiger partial charge in [-0.1, -0.05) is 11.6 Å². The maximum absolute atomic E-state index is 5.83. The summed E-state index contributed by atoms with van der Waals surface area (Å²) in [6.07, 6.45) is 4.35. The summed E-state index contributed by atoms with van der Waals surface area (Å²) >= 11 is 9.25. The van der Waals surface area contributed by atoms with Gasteiger partial charge in [0, 0.05) is 6.20 Å². The van der Waals surface area contributed by atoms with Gasteiger partial charge in [0.15, 0.2) is 0 Å². The van der Waals surface area contributed by atoms with Crippen LogP contribution >= 0.6 is 27.5 Å². The Kier molecular flexibility index (Phi) is 1.90. The van der Waals surface area contributed by atoms with Gasteiger partial charge in [-0.05, 0) is 46.3 Å². The Morgan fingerprint density at radius 3 is 2.91 bits per heavy atom. The molecule has 0 bridgehead atoms. The van der Waals surface area contributed by atoms with Crippen LogP contribution in [-0.2, 0) is 0 Å². The van der Waals surface area contributed by atoms with Crippen molar-refractivity contribution in [3.05, 3.63) is 27.5 Å². The van der Waals surface area contributed by atoms with Crippen LogP contribution in [0.4, 0.5) is 0 Å². The summed E-state index contributed by atoms with van der Waals surface area (Å²) in [7, 11) is 0. The number of nitrogens with zero attached hydrogens (tertiary/aromatic N) is 1. The van der Waals surface area contributed by atoms with Crippen molar-refractivity contribution in [2.24, 2.45) is 0 Å². The SMILES string of the molecule is Clc1nccc(C2CC2)c1Br. The van der Waals surface area contributed by atoms with E-state index in [4.69, 9.17) is 11.6 Å². The van der Waals surface area contributed by atoms with Gasteiger partial charge >= 0.3 is 0 Å². The van der Waals surface area contributed by atoms with Crippen molar-refractivity contribution in [1.82, 2.24) is 4.98 Å². The summed E-state index contributed by atoms with van der Waals surface area (Å²) in [6.45, 7) is 0. The van der Waals surface area contributed by atoms with Gasteiger partial charge in [-0.2, -0.15) is 0 Å². The molecule has 0 atom stereocenters. The third-order valence-electron chi connectivity index (χ3n) is 1.89. The number of rotatable bonds is 1. The molecule has 1 saturated carbocycles. The lowest BCUT2D eigenvalue weighted by molar-refractivity contribution is 1.09. The number of halogens is 2. The van der Waals surface area contributed by atoms with E-state index < -0.39 is 0 Å². The molecule has 1 nitrogen and oxygen atoms in total. The first-order chi connectivity index (χ1) is 5.29. The van der Waals surface area contributed by atoms with E-state index in [1.165, 1.54) is 18.4 Å². The minimum atomic E-state index is 0.578. The van der Waals surface area contributed by atoms with Gasteiger partial charge in [-0.3, -0.25) is 0 Å². The molecule has 0 amide bonds. The average molecular weight is 233 g/mol. The zero-order valence-electron chi connectivity index (χ0n) is 5.85. The summed E-state index contributed by atoms with van der Waals surface area (Å²) in [5.41, 5.74) is 1.31. The molecule has 1 fully saturated rings. The summed E-state index contributed by atoms with van der Waals surface area (Å²) in [6, 6.07) is 2.04. The number of aromatic nitrogens is 1. The highest BCUT2D eigenvalue weighted by Gasteiger charge is 2.26. The monoisotopic (exact) mass is 231 g/mol. The van der Waals surface area contributed by atoms with Crippen molar-refractivity contribution in [3.63, 3.8) is 0 Å². The predicted molar refractivity (Wildman–Crippen MR) is 48.9 cm³/mol. The standard InChI is InChI=1S/C8H7BrClN/c9-7-6(5-1-2-5)3-4-11-8(7)10/h3-5H,1-2H2. The molecular weight excluding hydrogens is 225 g/mol. The molecule has 0 N–H and O–H groups in total. The molecule has 1 aliphatic carbocycles. The van der Waals surface area contributed by atoms with Crippen molar-refractivity contribution in [2.75, 3.05) is 0 Å². The van der Waals surface area contributed by atoms with Gasteiger partial charge in [-0.25, -0.2) is 4.98 Å². The van der Waals surface area contributed by atoms with Gasteiger partial charge in [0.1, 0.15) is 5.15 Å². The number of hydrogen-bond acceptors (Lipinski definition) is 1. The van der Waals surface area contributed by atoms with E-state index in [-0.39, 0.29) is 0 Å². The highest BCUT2D eigenvalue weighted by Crippen LogP contribution is 2.44. The Morgan fingerprint density at radius 2 is 2.27 bits per heavy atom. The van der Waals surface area contributed by atoms with Crippen molar-refractivity contribution in [1.29, 1.82) is 0 Å². The molecule has 0 radical (unpaired) electrons. The van der Waals surface area contributed by atoms with Crippen molar-refractivity contribution in [3.8, 4) is 0 Å². The van der Waals surface area contributed by atoms with Crippen LogP contribution in [0.5, 0.6) is 0 Å². The molecule has 0 saturated heterocycles. The molecule has 0 spiro atoms.